The molecule has 3 N–H and O–H groups in total. The number of aromatic nitrogens is 1. The Kier molecular flexibility index (Phi) is 4.52. The molecule has 1 aliphatic carbocycles. The van der Waals surface area contributed by atoms with Gasteiger partial charge in [-0.25, -0.2) is 5.43 Å². The summed E-state index contributed by atoms with van der Waals surface area (Å²) >= 11 is 0. The van der Waals surface area contributed by atoms with E-state index in [4.69, 9.17) is 0 Å². The molecule has 1 saturated heterocycles. The van der Waals surface area contributed by atoms with Gasteiger partial charge in [0.1, 0.15) is 6.04 Å². The SMILES string of the molecule is CC(C)CC1CC(C(=O)N(Cc2ccc3[nH]ccc3c2)C2CC2)NN1. The molecule has 1 aromatic heterocycles. The maximum atomic E-state index is 13.1. The largest absolute Gasteiger partial charge is 0.361 e. The summed E-state index contributed by atoms with van der Waals surface area (Å²) < 4.78 is 0. The number of rotatable bonds is 6. The molecular formula is C20H28N4O. The van der Waals surface area contributed by atoms with Crippen LogP contribution in [0.4, 0.5) is 0 Å². The fraction of sp³-hybridized carbons (Fsp3) is 0.550. The summed E-state index contributed by atoms with van der Waals surface area (Å²) in [6.45, 7) is 5.16. The topological polar surface area (TPSA) is 60.2 Å². The van der Waals surface area contributed by atoms with Gasteiger partial charge in [0, 0.05) is 30.3 Å². The fourth-order valence-corrected chi connectivity index (χ4v) is 3.88. The highest BCUT2D eigenvalue weighted by Crippen LogP contribution is 2.30. The van der Waals surface area contributed by atoms with Crippen molar-refractivity contribution >= 4 is 16.8 Å². The van der Waals surface area contributed by atoms with Crippen LogP contribution in [0.25, 0.3) is 10.9 Å². The van der Waals surface area contributed by atoms with E-state index in [-0.39, 0.29) is 11.9 Å². The molecule has 0 bridgehead atoms. The number of hydrogen-bond donors (Lipinski definition) is 3. The lowest BCUT2D eigenvalue weighted by Crippen LogP contribution is -2.46. The van der Waals surface area contributed by atoms with Crippen molar-refractivity contribution in [3.8, 4) is 0 Å². The number of carbonyl (C=O) groups is 1. The van der Waals surface area contributed by atoms with Crippen LogP contribution in [0.2, 0.25) is 0 Å². The molecule has 5 heteroatoms. The smallest absolute Gasteiger partial charge is 0.241 e. The van der Waals surface area contributed by atoms with Crippen LogP contribution in [0.1, 0.15) is 45.1 Å². The molecule has 2 atom stereocenters. The average Bonchev–Trinajstić information content (AvgIpc) is 3.13. The molecule has 1 amide bonds. The quantitative estimate of drug-likeness (QED) is 0.758. The van der Waals surface area contributed by atoms with E-state index in [1.807, 2.05) is 6.20 Å². The average molecular weight is 340 g/mol. The zero-order valence-electron chi connectivity index (χ0n) is 15.1. The van der Waals surface area contributed by atoms with Crippen LogP contribution in [0.3, 0.4) is 0 Å². The standard InChI is InChI=1S/C20H28N4O/c1-13(2)9-16-11-19(23-22-16)20(25)24(17-4-5-17)12-14-3-6-18-15(10-14)7-8-21-18/h3,6-8,10,13,16-17,19,21-23H,4-5,9,11-12H2,1-2H3. The summed E-state index contributed by atoms with van der Waals surface area (Å²) in [5.74, 6) is 0.885. The number of benzene rings is 1. The van der Waals surface area contributed by atoms with Crippen molar-refractivity contribution in [1.82, 2.24) is 20.7 Å². The Morgan fingerprint density at radius 3 is 2.84 bits per heavy atom. The van der Waals surface area contributed by atoms with Gasteiger partial charge in [-0.2, -0.15) is 0 Å². The lowest BCUT2D eigenvalue weighted by Gasteiger charge is -2.25. The van der Waals surface area contributed by atoms with Gasteiger partial charge in [0.15, 0.2) is 0 Å². The van der Waals surface area contributed by atoms with E-state index >= 15 is 0 Å². The van der Waals surface area contributed by atoms with Crippen molar-refractivity contribution in [2.75, 3.05) is 0 Å². The van der Waals surface area contributed by atoms with Gasteiger partial charge in [0.25, 0.3) is 0 Å². The number of hydrogen-bond acceptors (Lipinski definition) is 3. The zero-order valence-corrected chi connectivity index (χ0v) is 15.1. The summed E-state index contributed by atoms with van der Waals surface area (Å²) in [5, 5.41) is 1.21. The van der Waals surface area contributed by atoms with Gasteiger partial charge in [-0.15, -0.1) is 0 Å². The highest BCUT2D eigenvalue weighted by atomic mass is 16.2. The number of fused-ring (bicyclic) bond motifs is 1. The van der Waals surface area contributed by atoms with Crippen LogP contribution in [-0.2, 0) is 11.3 Å². The third kappa shape index (κ3) is 3.72. The van der Waals surface area contributed by atoms with Crippen molar-refractivity contribution in [2.45, 2.75) is 64.2 Å². The molecule has 2 unspecified atom stereocenters. The normalized spacial score (nSPS) is 23.5. The first-order valence-corrected chi connectivity index (χ1v) is 9.47. The summed E-state index contributed by atoms with van der Waals surface area (Å²) in [6.07, 6.45) is 6.21. The Bertz CT molecular complexity index is 749. The van der Waals surface area contributed by atoms with Crippen molar-refractivity contribution in [3.63, 3.8) is 0 Å². The van der Waals surface area contributed by atoms with E-state index in [2.05, 4.69) is 58.8 Å². The Hall–Kier alpha value is -1.85. The highest BCUT2D eigenvalue weighted by molar-refractivity contribution is 5.83. The van der Waals surface area contributed by atoms with Crippen LogP contribution in [0, 0.1) is 5.92 Å². The summed E-state index contributed by atoms with van der Waals surface area (Å²) in [6, 6.07) is 9.22. The highest BCUT2D eigenvalue weighted by Gasteiger charge is 2.38. The number of hydrazine groups is 1. The minimum Gasteiger partial charge on any atom is -0.361 e. The van der Waals surface area contributed by atoms with Crippen LogP contribution in [-0.4, -0.2) is 33.9 Å². The molecule has 134 valence electrons. The molecular weight excluding hydrogens is 312 g/mol. The van der Waals surface area contributed by atoms with Crippen molar-refractivity contribution in [3.05, 3.63) is 36.0 Å². The number of aromatic amines is 1. The molecule has 1 aliphatic heterocycles. The number of nitrogens with one attached hydrogen (secondary N) is 3. The Labute approximate surface area is 149 Å². The minimum absolute atomic E-state index is 0.0969. The Morgan fingerprint density at radius 1 is 1.24 bits per heavy atom. The van der Waals surface area contributed by atoms with Crippen molar-refractivity contribution < 1.29 is 4.79 Å². The maximum Gasteiger partial charge on any atom is 0.241 e. The lowest BCUT2D eigenvalue weighted by atomic mass is 9.99. The molecule has 5 nitrogen and oxygen atoms in total. The van der Waals surface area contributed by atoms with Crippen molar-refractivity contribution in [1.29, 1.82) is 0 Å². The molecule has 0 spiro atoms. The predicted molar refractivity (Wildman–Crippen MR) is 99.8 cm³/mol. The third-order valence-corrected chi connectivity index (χ3v) is 5.28. The lowest BCUT2D eigenvalue weighted by molar-refractivity contribution is -0.134. The van der Waals surface area contributed by atoms with Gasteiger partial charge in [0.2, 0.25) is 5.91 Å². The van der Waals surface area contributed by atoms with Gasteiger partial charge >= 0.3 is 0 Å². The zero-order chi connectivity index (χ0) is 17.4. The summed E-state index contributed by atoms with van der Waals surface area (Å²) in [5.41, 5.74) is 8.91. The second kappa shape index (κ2) is 6.81. The molecule has 2 fully saturated rings. The third-order valence-electron chi connectivity index (χ3n) is 5.28. The first kappa shape index (κ1) is 16.6. The number of carbonyl (C=O) groups excluding carboxylic acids is 1. The number of H-pyrrole nitrogens is 1. The first-order chi connectivity index (χ1) is 12.1. The van der Waals surface area contributed by atoms with Crippen LogP contribution >= 0.6 is 0 Å². The van der Waals surface area contributed by atoms with Crippen LogP contribution in [0.5, 0.6) is 0 Å². The van der Waals surface area contributed by atoms with E-state index in [1.54, 1.807) is 0 Å². The predicted octanol–water partition coefficient (Wildman–Crippen LogP) is 2.94. The maximum absolute atomic E-state index is 13.1. The van der Waals surface area contributed by atoms with Crippen LogP contribution < -0.4 is 10.9 Å². The fourth-order valence-electron chi connectivity index (χ4n) is 3.88. The number of amides is 1. The molecule has 2 heterocycles. The van der Waals surface area contributed by atoms with E-state index in [0.29, 0.717) is 24.5 Å². The molecule has 4 rings (SSSR count). The van der Waals surface area contributed by atoms with Gasteiger partial charge in [0.05, 0.1) is 0 Å². The van der Waals surface area contributed by atoms with Crippen molar-refractivity contribution in [2.24, 2.45) is 5.92 Å². The molecule has 2 aromatic rings. The summed E-state index contributed by atoms with van der Waals surface area (Å²) in [7, 11) is 0. The van der Waals surface area contributed by atoms with E-state index in [9.17, 15) is 4.79 Å². The first-order valence-electron chi connectivity index (χ1n) is 9.47. The van der Waals surface area contributed by atoms with Gasteiger partial charge in [-0.05, 0) is 60.7 Å². The second-order valence-electron chi connectivity index (χ2n) is 8.00. The Morgan fingerprint density at radius 2 is 2.08 bits per heavy atom. The summed E-state index contributed by atoms with van der Waals surface area (Å²) in [4.78, 5) is 18.4. The van der Waals surface area contributed by atoms with Gasteiger partial charge in [-0.1, -0.05) is 19.9 Å². The van der Waals surface area contributed by atoms with E-state index in [1.165, 1.54) is 10.9 Å². The molecule has 1 saturated carbocycles. The van der Waals surface area contributed by atoms with E-state index in [0.717, 1.165) is 31.2 Å². The minimum atomic E-state index is -0.0969. The molecule has 1 aromatic carbocycles. The Balaban J connectivity index is 1.45. The molecule has 25 heavy (non-hydrogen) atoms. The van der Waals surface area contributed by atoms with Crippen LogP contribution in [0.15, 0.2) is 30.5 Å². The second-order valence-corrected chi connectivity index (χ2v) is 8.00. The monoisotopic (exact) mass is 340 g/mol. The van der Waals surface area contributed by atoms with Gasteiger partial charge in [-0.3, -0.25) is 10.2 Å². The van der Waals surface area contributed by atoms with E-state index < -0.39 is 0 Å². The van der Waals surface area contributed by atoms with Gasteiger partial charge < -0.3 is 9.88 Å². The molecule has 2 aliphatic rings. The number of nitrogens with zero attached hydrogens (tertiary/aromatic N) is 1. The molecule has 0 radical (unpaired) electrons.